The van der Waals surface area contributed by atoms with Crippen LogP contribution in [0.15, 0.2) is 40.7 Å². The second kappa shape index (κ2) is 4.62. The van der Waals surface area contributed by atoms with Gasteiger partial charge < -0.3 is 0 Å². The van der Waals surface area contributed by atoms with Crippen molar-refractivity contribution in [1.29, 1.82) is 0 Å². The minimum absolute atomic E-state index is 1.11. The Labute approximate surface area is 92.2 Å². The zero-order valence-corrected chi connectivity index (χ0v) is 9.57. The molecule has 0 saturated carbocycles. The molecule has 0 unspecified atom stereocenters. The van der Waals surface area contributed by atoms with Crippen LogP contribution in [0.5, 0.6) is 0 Å². The maximum absolute atomic E-state index is 4.40. The second-order valence-corrected chi connectivity index (χ2v) is 5.38. The van der Waals surface area contributed by atoms with Crippen molar-refractivity contribution in [3.05, 3.63) is 36.5 Å². The van der Waals surface area contributed by atoms with Crippen molar-refractivity contribution in [3.63, 3.8) is 0 Å². The fraction of sp³-hybridized carbons (Fsp3) is 0.182. The van der Waals surface area contributed by atoms with Crippen molar-refractivity contribution in [2.75, 3.05) is 5.75 Å². The summed E-state index contributed by atoms with van der Waals surface area (Å²) in [5, 5.41) is 1.11. The molecule has 0 aliphatic heterocycles. The Morgan fingerprint density at radius 2 is 2.07 bits per heavy atom. The topological polar surface area (TPSA) is 12.9 Å². The number of aromatic nitrogens is 1. The van der Waals surface area contributed by atoms with Crippen LogP contribution in [-0.2, 0) is 0 Å². The highest BCUT2D eigenvalue weighted by molar-refractivity contribution is 8.01. The van der Waals surface area contributed by atoms with Gasteiger partial charge in [-0.3, -0.25) is 0 Å². The first kappa shape index (κ1) is 9.74. The van der Waals surface area contributed by atoms with Crippen LogP contribution in [0.4, 0.5) is 0 Å². The van der Waals surface area contributed by atoms with E-state index in [0.29, 0.717) is 0 Å². The lowest BCUT2D eigenvalue weighted by molar-refractivity contribution is 1.37. The lowest BCUT2D eigenvalue weighted by atomic mass is 10.2. The highest BCUT2D eigenvalue weighted by atomic mass is 32.2. The predicted molar refractivity (Wildman–Crippen MR) is 63.9 cm³/mol. The van der Waals surface area contributed by atoms with E-state index < -0.39 is 0 Å². The van der Waals surface area contributed by atoms with Crippen molar-refractivity contribution in [3.8, 4) is 10.6 Å². The molecule has 0 saturated heterocycles. The Morgan fingerprint density at radius 1 is 1.29 bits per heavy atom. The van der Waals surface area contributed by atoms with Gasteiger partial charge >= 0.3 is 0 Å². The molecule has 1 aromatic heterocycles. The van der Waals surface area contributed by atoms with Crippen LogP contribution in [0.25, 0.3) is 10.6 Å². The van der Waals surface area contributed by atoms with Crippen molar-refractivity contribution in [2.24, 2.45) is 0 Å². The van der Waals surface area contributed by atoms with Crippen LogP contribution in [0.3, 0.4) is 0 Å². The Morgan fingerprint density at radius 3 is 2.79 bits per heavy atom. The van der Waals surface area contributed by atoms with E-state index in [4.69, 9.17) is 0 Å². The van der Waals surface area contributed by atoms with Gasteiger partial charge in [-0.15, -0.1) is 23.1 Å². The van der Waals surface area contributed by atoms with E-state index in [2.05, 4.69) is 24.0 Å². The largest absolute Gasteiger partial charge is 0.243 e. The Balaban J connectivity index is 2.25. The summed E-state index contributed by atoms with van der Waals surface area (Å²) >= 11 is 3.61. The molecule has 1 aromatic carbocycles. The van der Waals surface area contributed by atoms with Crippen LogP contribution < -0.4 is 0 Å². The molecular weight excluding hydrogens is 210 g/mol. The van der Waals surface area contributed by atoms with Gasteiger partial charge in [-0.25, -0.2) is 4.98 Å². The molecule has 0 N–H and O–H groups in total. The van der Waals surface area contributed by atoms with Crippen LogP contribution in [0.2, 0.25) is 0 Å². The number of hydrogen-bond acceptors (Lipinski definition) is 3. The summed E-state index contributed by atoms with van der Waals surface area (Å²) in [5.74, 6) is 1.11. The number of thiazole rings is 1. The molecule has 0 spiro atoms. The highest BCUT2D eigenvalue weighted by Crippen LogP contribution is 2.30. The summed E-state index contributed by atoms with van der Waals surface area (Å²) in [7, 11) is 0. The third kappa shape index (κ3) is 2.16. The number of thioether (sulfide) groups is 1. The molecule has 3 heteroatoms. The number of hydrogen-bond donors (Lipinski definition) is 0. The van der Waals surface area contributed by atoms with Crippen LogP contribution in [0, 0.1) is 0 Å². The minimum Gasteiger partial charge on any atom is -0.243 e. The fourth-order valence-corrected chi connectivity index (χ4v) is 3.08. The third-order valence-corrected chi connectivity index (χ3v) is 3.92. The smallest absolute Gasteiger partial charge is 0.124 e. The standard InChI is InChI=1S/C11H11NS2/c1-2-13-10-8-12-11(14-10)9-6-4-3-5-7-9/h3-8H,2H2,1H3. The summed E-state index contributed by atoms with van der Waals surface area (Å²) in [5.41, 5.74) is 1.21. The zero-order chi connectivity index (χ0) is 9.80. The maximum atomic E-state index is 4.40. The van der Waals surface area contributed by atoms with E-state index in [1.54, 1.807) is 11.3 Å². The molecule has 0 amide bonds. The van der Waals surface area contributed by atoms with Gasteiger partial charge in [0.1, 0.15) is 5.01 Å². The highest BCUT2D eigenvalue weighted by Gasteiger charge is 2.03. The quantitative estimate of drug-likeness (QED) is 0.729. The Kier molecular flexibility index (Phi) is 3.22. The van der Waals surface area contributed by atoms with E-state index in [0.717, 1.165) is 10.8 Å². The van der Waals surface area contributed by atoms with E-state index in [1.165, 1.54) is 9.77 Å². The Bertz CT molecular complexity index is 395. The van der Waals surface area contributed by atoms with Gasteiger partial charge in [0.15, 0.2) is 0 Å². The molecule has 0 aliphatic rings. The third-order valence-electron chi connectivity index (χ3n) is 1.79. The molecule has 0 atom stereocenters. The maximum Gasteiger partial charge on any atom is 0.124 e. The molecule has 0 aliphatic carbocycles. The van der Waals surface area contributed by atoms with E-state index >= 15 is 0 Å². The zero-order valence-electron chi connectivity index (χ0n) is 7.93. The molecule has 0 bridgehead atoms. The second-order valence-electron chi connectivity index (χ2n) is 2.78. The van der Waals surface area contributed by atoms with Gasteiger partial charge in [0.25, 0.3) is 0 Å². The molecule has 72 valence electrons. The van der Waals surface area contributed by atoms with Crippen LogP contribution in [0.1, 0.15) is 6.92 Å². The first-order valence-corrected chi connectivity index (χ1v) is 6.34. The monoisotopic (exact) mass is 221 g/mol. The van der Waals surface area contributed by atoms with Gasteiger partial charge in [-0.2, -0.15) is 0 Å². The summed E-state index contributed by atoms with van der Waals surface area (Å²) in [4.78, 5) is 4.40. The average molecular weight is 221 g/mol. The van der Waals surface area contributed by atoms with Crippen molar-refractivity contribution in [1.82, 2.24) is 4.98 Å². The van der Waals surface area contributed by atoms with Crippen molar-refractivity contribution in [2.45, 2.75) is 11.1 Å². The van der Waals surface area contributed by atoms with E-state index in [1.807, 2.05) is 36.2 Å². The van der Waals surface area contributed by atoms with Gasteiger partial charge in [-0.05, 0) is 5.75 Å². The molecule has 1 heterocycles. The lowest BCUT2D eigenvalue weighted by Crippen LogP contribution is -1.71. The molecule has 1 nitrogen and oxygen atoms in total. The SMILES string of the molecule is CCSc1cnc(-c2ccccc2)s1. The predicted octanol–water partition coefficient (Wildman–Crippen LogP) is 3.92. The average Bonchev–Trinajstić information content (AvgIpc) is 2.68. The van der Waals surface area contributed by atoms with E-state index in [-0.39, 0.29) is 0 Å². The number of nitrogens with zero attached hydrogens (tertiary/aromatic N) is 1. The van der Waals surface area contributed by atoms with Gasteiger partial charge in [0, 0.05) is 5.56 Å². The molecule has 0 radical (unpaired) electrons. The number of rotatable bonds is 3. The van der Waals surface area contributed by atoms with Crippen LogP contribution in [-0.4, -0.2) is 10.7 Å². The van der Waals surface area contributed by atoms with Crippen molar-refractivity contribution >= 4 is 23.1 Å². The van der Waals surface area contributed by atoms with Gasteiger partial charge in [0.05, 0.1) is 10.4 Å². The molecule has 2 aromatic rings. The normalized spacial score (nSPS) is 10.4. The molecular formula is C11H11NS2. The summed E-state index contributed by atoms with van der Waals surface area (Å²) < 4.78 is 1.30. The molecule has 2 rings (SSSR count). The van der Waals surface area contributed by atoms with Gasteiger partial charge in [-0.1, -0.05) is 37.3 Å². The first-order valence-electron chi connectivity index (χ1n) is 4.54. The van der Waals surface area contributed by atoms with E-state index in [9.17, 15) is 0 Å². The fourth-order valence-electron chi connectivity index (χ4n) is 1.18. The van der Waals surface area contributed by atoms with Crippen molar-refractivity contribution < 1.29 is 0 Å². The first-order chi connectivity index (χ1) is 6.90. The lowest BCUT2D eigenvalue weighted by Gasteiger charge is -1.93. The van der Waals surface area contributed by atoms with Gasteiger partial charge in [0.2, 0.25) is 0 Å². The Hall–Kier alpha value is -0.800. The van der Waals surface area contributed by atoms with Crippen LogP contribution >= 0.6 is 23.1 Å². The summed E-state index contributed by atoms with van der Waals surface area (Å²) in [6, 6.07) is 10.3. The summed E-state index contributed by atoms with van der Waals surface area (Å²) in [6.45, 7) is 2.16. The molecule has 0 fully saturated rings. The number of benzene rings is 1. The minimum atomic E-state index is 1.11. The molecule has 14 heavy (non-hydrogen) atoms. The summed E-state index contributed by atoms with van der Waals surface area (Å²) in [6.07, 6.45) is 1.96.